The predicted octanol–water partition coefficient (Wildman–Crippen LogP) is 4.34. The molecule has 0 fully saturated rings. The van der Waals surface area contributed by atoms with Crippen molar-refractivity contribution in [1.29, 1.82) is 0 Å². The second-order valence-electron chi connectivity index (χ2n) is 7.93. The van der Waals surface area contributed by atoms with E-state index in [1.807, 2.05) is 87.2 Å². The van der Waals surface area contributed by atoms with E-state index >= 15 is 0 Å². The number of thioether (sulfide) groups is 1. The Labute approximate surface area is 203 Å². The minimum Gasteiger partial charge on any atom is -0.497 e. The lowest BCUT2D eigenvalue weighted by Crippen LogP contribution is -2.32. The lowest BCUT2D eigenvalue weighted by atomic mass is 10.1. The summed E-state index contributed by atoms with van der Waals surface area (Å²) in [7, 11) is 5.43. The van der Waals surface area contributed by atoms with E-state index in [0.717, 1.165) is 33.8 Å². The van der Waals surface area contributed by atoms with Gasteiger partial charge in [-0.15, -0.1) is 10.2 Å². The fraction of sp³-hybridized carbons (Fsp3) is 0.280. The Morgan fingerprint density at radius 3 is 2.65 bits per heavy atom. The molecular formula is C25H28N6O2S. The Bertz CT molecular complexity index is 1310. The van der Waals surface area contributed by atoms with Crippen LogP contribution in [0.15, 0.2) is 59.9 Å². The summed E-state index contributed by atoms with van der Waals surface area (Å²) in [6.07, 6.45) is 1.93. The molecule has 4 rings (SSSR count). The van der Waals surface area contributed by atoms with Crippen LogP contribution in [0.2, 0.25) is 0 Å². The highest BCUT2D eigenvalue weighted by Crippen LogP contribution is 2.33. The number of anilines is 1. The second kappa shape index (κ2) is 10.1. The van der Waals surface area contributed by atoms with Crippen molar-refractivity contribution in [3.05, 3.63) is 60.3 Å². The van der Waals surface area contributed by atoms with Crippen LogP contribution < -0.4 is 9.64 Å². The van der Waals surface area contributed by atoms with Crippen molar-refractivity contribution in [2.45, 2.75) is 19.0 Å². The summed E-state index contributed by atoms with van der Waals surface area (Å²) >= 11 is 1.38. The van der Waals surface area contributed by atoms with E-state index < -0.39 is 0 Å². The number of methoxy groups -OCH3 is 1. The molecule has 0 unspecified atom stereocenters. The lowest BCUT2D eigenvalue weighted by Gasteiger charge is -2.21. The first-order valence-corrected chi connectivity index (χ1v) is 12.0. The number of aryl methyl sites for hydroxylation is 2. The monoisotopic (exact) mass is 476 g/mol. The van der Waals surface area contributed by atoms with Gasteiger partial charge < -0.3 is 14.2 Å². The van der Waals surface area contributed by atoms with Gasteiger partial charge in [0, 0.05) is 38.1 Å². The molecule has 2 heterocycles. The summed E-state index contributed by atoms with van der Waals surface area (Å²) in [5.41, 5.74) is 4.61. The molecule has 2 aromatic heterocycles. The van der Waals surface area contributed by atoms with Crippen molar-refractivity contribution in [2.75, 3.05) is 24.3 Å². The van der Waals surface area contributed by atoms with E-state index in [9.17, 15) is 4.79 Å². The van der Waals surface area contributed by atoms with Crippen molar-refractivity contribution in [1.82, 2.24) is 24.5 Å². The zero-order chi connectivity index (χ0) is 24.2. The van der Waals surface area contributed by atoms with Gasteiger partial charge in [-0.25, -0.2) is 0 Å². The fourth-order valence-corrected chi connectivity index (χ4v) is 4.60. The molecule has 0 saturated carbocycles. The van der Waals surface area contributed by atoms with Crippen LogP contribution in [0.3, 0.4) is 0 Å². The number of ether oxygens (including phenoxy) is 1. The van der Waals surface area contributed by atoms with Gasteiger partial charge in [-0.2, -0.15) is 5.10 Å². The van der Waals surface area contributed by atoms with Crippen LogP contribution >= 0.6 is 11.8 Å². The molecule has 0 aliphatic rings. The first kappa shape index (κ1) is 23.6. The molecular weight excluding hydrogens is 448 g/mol. The normalized spacial score (nSPS) is 11.0. The third-order valence-electron chi connectivity index (χ3n) is 5.50. The molecule has 176 valence electrons. The zero-order valence-corrected chi connectivity index (χ0v) is 20.8. The van der Waals surface area contributed by atoms with Crippen molar-refractivity contribution in [2.24, 2.45) is 14.1 Å². The Kier molecular flexibility index (Phi) is 7.02. The van der Waals surface area contributed by atoms with Crippen LogP contribution in [0.1, 0.15) is 12.5 Å². The maximum atomic E-state index is 13.0. The molecule has 1 amide bonds. The van der Waals surface area contributed by atoms with Gasteiger partial charge in [0.2, 0.25) is 5.91 Å². The number of aromatic nitrogens is 5. The quantitative estimate of drug-likeness (QED) is 0.352. The van der Waals surface area contributed by atoms with Gasteiger partial charge >= 0.3 is 0 Å². The number of carbonyl (C=O) groups excluding carboxylic acids is 1. The number of amides is 1. The highest BCUT2D eigenvalue weighted by Gasteiger charge is 2.21. The Balaban J connectivity index is 1.56. The average molecular weight is 477 g/mol. The van der Waals surface area contributed by atoms with Crippen LogP contribution in [0, 0.1) is 6.92 Å². The highest BCUT2D eigenvalue weighted by atomic mass is 32.2. The summed E-state index contributed by atoms with van der Waals surface area (Å²) in [5.74, 6) is 1.74. The van der Waals surface area contributed by atoms with Crippen molar-refractivity contribution in [3.63, 3.8) is 0 Å². The average Bonchev–Trinajstić information content (AvgIpc) is 3.40. The van der Waals surface area contributed by atoms with E-state index in [1.54, 1.807) is 16.7 Å². The molecule has 0 aliphatic heterocycles. The topological polar surface area (TPSA) is 78.1 Å². The van der Waals surface area contributed by atoms with Crippen LogP contribution in [-0.4, -0.2) is 49.9 Å². The fourth-order valence-electron chi connectivity index (χ4n) is 3.81. The molecule has 2 aromatic carbocycles. The van der Waals surface area contributed by atoms with Crippen molar-refractivity contribution < 1.29 is 9.53 Å². The number of rotatable bonds is 8. The zero-order valence-electron chi connectivity index (χ0n) is 20.0. The Morgan fingerprint density at radius 2 is 1.91 bits per heavy atom. The summed E-state index contributed by atoms with van der Waals surface area (Å²) < 4.78 is 9.04. The van der Waals surface area contributed by atoms with Gasteiger partial charge in [0.25, 0.3) is 0 Å². The van der Waals surface area contributed by atoms with Gasteiger partial charge in [-0.3, -0.25) is 9.48 Å². The van der Waals surface area contributed by atoms with E-state index in [-0.39, 0.29) is 11.7 Å². The molecule has 0 aliphatic carbocycles. The van der Waals surface area contributed by atoms with Crippen molar-refractivity contribution >= 4 is 23.4 Å². The molecule has 0 bridgehead atoms. The number of nitrogens with zero attached hydrogens (tertiary/aromatic N) is 6. The maximum absolute atomic E-state index is 13.0. The third kappa shape index (κ3) is 4.84. The first-order valence-electron chi connectivity index (χ1n) is 11.0. The molecule has 8 nitrogen and oxygen atoms in total. The van der Waals surface area contributed by atoms with Gasteiger partial charge in [0.1, 0.15) is 11.4 Å². The molecule has 9 heteroatoms. The SMILES string of the molecule is CCN(C(=O)CSc1nnc(-c2cn(C)nc2-c2cccc(OC)c2)n1C)c1cccc(C)c1. The molecule has 34 heavy (non-hydrogen) atoms. The number of benzene rings is 2. The highest BCUT2D eigenvalue weighted by molar-refractivity contribution is 7.99. The summed E-state index contributed by atoms with van der Waals surface area (Å²) in [4.78, 5) is 14.8. The molecule has 0 N–H and O–H groups in total. The molecule has 0 spiro atoms. The largest absolute Gasteiger partial charge is 0.497 e. The Hall–Kier alpha value is -3.59. The standard InChI is InChI=1S/C25H28N6O2S/c1-6-31(19-11-7-9-17(2)13-19)22(32)16-34-25-27-26-24(30(25)4)21-15-29(3)28-23(21)18-10-8-12-20(14-18)33-5/h7-15H,6,16H2,1-5H3. The number of hydrogen-bond donors (Lipinski definition) is 0. The lowest BCUT2D eigenvalue weighted by molar-refractivity contribution is -0.116. The Morgan fingerprint density at radius 1 is 1.12 bits per heavy atom. The smallest absolute Gasteiger partial charge is 0.237 e. The summed E-state index contributed by atoms with van der Waals surface area (Å²) in [6, 6.07) is 15.7. The summed E-state index contributed by atoms with van der Waals surface area (Å²) in [5, 5.41) is 14.1. The van der Waals surface area contributed by atoms with E-state index in [4.69, 9.17) is 4.74 Å². The second-order valence-corrected chi connectivity index (χ2v) is 8.87. The van der Waals surface area contributed by atoms with Gasteiger partial charge in [0.15, 0.2) is 11.0 Å². The minimum absolute atomic E-state index is 0.0288. The van der Waals surface area contributed by atoms with E-state index in [2.05, 4.69) is 15.3 Å². The molecule has 0 saturated heterocycles. The van der Waals surface area contributed by atoms with Crippen LogP contribution in [-0.2, 0) is 18.9 Å². The van der Waals surface area contributed by atoms with Crippen LogP contribution in [0.25, 0.3) is 22.6 Å². The van der Waals surface area contributed by atoms with E-state index in [0.29, 0.717) is 17.5 Å². The number of hydrogen-bond acceptors (Lipinski definition) is 6. The summed E-state index contributed by atoms with van der Waals surface area (Å²) in [6.45, 7) is 4.61. The van der Waals surface area contributed by atoms with Crippen LogP contribution in [0.5, 0.6) is 5.75 Å². The predicted molar refractivity (Wildman–Crippen MR) is 135 cm³/mol. The maximum Gasteiger partial charge on any atom is 0.237 e. The molecule has 4 aromatic rings. The molecule has 0 radical (unpaired) electrons. The van der Waals surface area contributed by atoms with Crippen LogP contribution in [0.4, 0.5) is 5.69 Å². The minimum atomic E-state index is 0.0288. The van der Waals surface area contributed by atoms with Crippen molar-refractivity contribution in [3.8, 4) is 28.4 Å². The van der Waals surface area contributed by atoms with Gasteiger partial charge in [-0.05, 0) is 43.7 Å². The number of carbonyl (C=O) groups is 1. The van der Waals surface area contributed by atoms with Gasteiger partial charge in [-0.1, -0.05) is 36.0 Å². The van der Waals surface area contributed by atoms with E-state index in [1.165, 1.54) is 11.8 Å². The molecule has 0 atom stereocenters. The van der Waals surface area contributed by atoms with Gasteiger partial charge in [0.05, 0.1) is 18.4 Å². The third-order valence-corrected chi connectivity index (χ3v) is 6.51. The first-order chi connectivity index (χ1) is 16.4.